The van der Waals surface area contributed by atoms with Crippen LogP contribution in [0.15, 0.2) is 0 Å². The Morgan fingerprint density at radius 3 is 2.62 bits per heavy atom. The fourth-order valence-corrected chi connectivity index (χ4v) is 3.23. The van der Waals surface area contributed by atoms with Crippen molar-refractivity contribution in [1.82, 2.24) is 4.98 Å². The molecule has 1 heterocycles. The minimum absolute atomic E-state index is 0.450. The van der Waals surface area contributed by atoms with Gasteiger partial charge in [0.25, 0.3) is 0 Å². The summed E-state index contributed by atoms with van der Waals surface area (Å²) in [7, 11) is 0. The lowest BCUT2D eigenvalue weighted by Crippen LogP contribution is -2.32. The summed E-state index contributed by atoms with van der Waals surface area (Å²) >= 11 is 13.5. The van der Waals surface area contributed by atoms with E-state index >= 15 is 0 Å². The first-order chi connectivity index (χ1) is 7.61. The molecule has 0 bridgehead atoms. The van der Waals surface area contributed by atoms with E-state index in [1.807, 2.05) is 0 Å². The summed E-state index contributed by atoms with van der Waals surface area (Å²) in [5.41, 5.74) is 0. The van der Waals surface area contributed by atoms with Gasteiger partial charge in [0.05, 0.1) is 10.8 Å². The first kappa shape index (κ1) is 12.5. The Morgan fingerprint density at radius 2 is 2.19 bits per heavy atom. The maximum Gasteiger partial charge on any atom is 0.187 e. The third kappa shape index (κ3) is 2.82. The minimum atomic E-state index is 0.450. The fraction of sp³-hybridized carbons (Fsp3) is 0.727. The molecule has 0 amide bonds. The average molecular weight is 279 g/mol. The highest BCUT2D eigenvalue weighted by Crippen LogP contribution is 2.36. The molecule has 2 rings (SSSR count). The van der Waals surface area contributed by atoms with Crippen molar-refractivity contribution in [2.24, 2.45) is 5.92 Å². The number of thiazole rings is 1. The zero-order chi connectivity index (χ0) is 11.7. The topological polar surface area (TPSA) is 16.1 Å². The molecule has 1 saturated carbocycles. The molecule has 1 aromatic rings. The van der Waals surface area contributed by atoms with Crippen molar-refractivity contribution in [3.8, 4) is 0 Å². The van der Waals surface area contributed by atoms with E-state index in [1.54, 1.807) is 11.3 Å². The molecule has 1 aliphatic carbocycles. The van der Waals surface area contributed by atoms with E-state index in [4.69, 9.17) is 23.2 Å². The molecule has 0 spiro atoms. The maximum atomic E-state index is 6.03. The van der Waals surface area contributed by atoms with Crippen molar-refractivity contribution >= 4 is 39.7 Å². The van der Waals surface area contributed by atoms with Crippen LogP contribution in [0.1, 0.15) is 31.6 Å². The molecular weight excluding hydrogens is 263 g/mol. The highest BCUT2D eigenvalue weighted by molar-refractivity contribution is 7.16. The Hall–Kier alpha value is 0.01000. The second kappa shape index (κ2) is 5.11. The number of alkyl halides is 1. The first-order valence-corrected chi connectivity index (χ1v) is 7.32. The van der Waals surface area contributed by atoms with Gasteiger partial charge >= 0.3 is 0 Å². The van der Waals surface area contributed by atoms with Crippen molar-refractivity contribution < 1.29 is 0 Å². The zero-order valence-electron chi connectivity index (χ0n) is 9.54. The standard InChI is InChI=1S/C11H16Cl2N2S/c1-7(2)15(6-8-3-4-8)11-14-10(13)9(5-12)16-11/h7-8H,3-6H2,1-2H3. The molecule has 0 unspecified atom stereocenters. The summed E-state index contributed by atoms with van der Waals surface area (Å²) in [5, 5.41) is 1.58. The number of rotatable bonds is 5. The third-order valence-electron chi connectivity index (χ3n) is 2.78. The molecule has 5 heteroatoms. The van der Waals surface area contributed by atoms with Gasteiger partial charge in [-0.15, -0.1) is 11.6 Å². The smallest absolute Gasteiger partial charge is 0.187 e. The molecule has 1 aliphatic rings. The monoisotopic (exact) mass is 278 g/mol. The Kier molecular flexibility index (Phi) is 3.98. The van der Waals surface area contributed by atoms with Crippen LogP contribution in [-0.4, -0.2) is 17.6 Å². The first-order valence-electron chi connectivity index (χ1n) is 5.59. The maximum absolute atomic E-state index is 6.03. The van der Waals surface area contributed by atoms with Crippen LogP contribution in [0.3, 0.4) is 0 Å². The lowest BCUT2D eigenvalue weighted by Gasteiger charge is -2.25. The molecule has 0 atom stereocenters. The zero-order valence-corrected chi connectivity index (χ0v) is 11.9. The van der Waals surface area contributed by atoms with Gasteiger partial charge in [0.15, 0.2) is 5.13 Å². The van der Waals surface area contributed by atoms with Gasteiger partial charge < -0.3 is 4.90 Å². The van der Waals surface area contributed by atoms with E-state index in [0.717, 1.165) is 22.5 Å². The number of aromatic nitrogens is 1. The summed E-state index contributed by atoms with van der Waals surface area (Å²) in [6.45, 7) is 5.49. The molecular formula is C11H16Cl2N2S. The number of halogens is 2. The lowest BCUT2D eigenvalue weighted by molar-refractivity contribution is 0.643. The second-order valence-electron chi connectivity index (χ2n) is 4.53. The molecule has 0 radical (unpaired) electrons. The summed E-state index contributed by atoms with van der Waals surface area (Å²) in [4.78, 5) is 7.72. The molecule has 16 heavy (non-hydrogen) atoms. The Morgan fingerprint density at radius 1 is 1.50 bits per heavy atom. The van der Waals surface area contributed by atoms with Crippen LogP contribution in [-0.2, 0) is 5.88 Å². The van der Waals surface area contributed by atoms with Crippen molar-refractivity contribution in [3.05, 3.63) is 10.0 Å². The van der Waals surface area contributed by atoms with E-state index in [-0.39, 0.29) is 0 Å². The Balaban J connectivity index is 2.16. The van der Waals surface area contributed by atoms with Gasteiger partial charge in [-0.2, -0.15) is 0 Å². The van der Waals surface area contributed by atoms with Crippen molar-refractivity contribution in [2.75, 3.05) is 11.4 Å². The third-order valence-corrected chi connectivity index (χ3v) is 4.72. The van der Waals surface area contributed by atoms with Crippen LogP contribution >= 0.6 is 34.5 Å². The normalized spacial score (nSPS) is 15.8. The molecule has 0 saturated heterocycles. The minimum Gasteiger partial charge on any atom is -0.345 e. The van der Waals surface area contributed by atoms with E-state index < -0.39 is 0 Å². The number of anilines is 1. The Bertz CT molecular complexity index is 361. The van der Waals surface area contributed by atoms with Gasteiger partial charge in [0.1, 0.15) is 5.15 Å². The lowest BCUT2D eigenvalue weighted by atomic mass is 10.3. The molecule has 0 aromatic carbocycles. The molecule has 2 nitrogen and oxygen atoms in total. The number of hydrogen-bond donors (Lipinski definition) is 0. The summed E-state index contributed by atoms with van der Waals surface area (Å²) < 4.78 is 0. The molecule has 1 aromatic heterocycles. The van der Waals surface area contributed by atoms with Crippen LogP contribution in [0.5, 0.6) is 0 Å². The molecule has 0 aliphatic heterocycles. The average Bonchev–Trinajstić information content (AvgIpc) is 2.98. The molecule has 90 valence electrons. The SMILES string of the molecule is CC(C)N(CC1CC1)c1nc(Cl)c(CCl)s1. The van der Waals surface area contributed by atoms with Crippen molar-refractivity contribution in [3.63, 3.8) is 0 Å². The molecule has 1 fully saturated rings. The van der Waals surface area contributed by atoms with Crippen LogP contribution in [0.4, 0.5) is 5.13 Å². The van der Waals surface area contributed by atoms with Gasteiger partial charge in [-0.05, 0) is 32.6 Å². The van der Waals surface area contributed by atoms with Crippen LogP contribution in [0.25, 0.3) is 0 Å². The van der Waals surface area contributed by atoms with Crippen LogP contribution < -0.4 is 4.90 Å². The summed E-state index contributed by atoms with van der Waals surface area (Å²) in [5.74, 6) is 1.30. The predicted molar refractivity (Wildman–Crippen MR) is 71.9 cm³/mol. The molecule has 0 N–H and O–H groups in total. The van der Waals surface area contributed by atoms with Crippen molar-refractivity contribution in [2.45, 2.75) is 38.6 Å². The summed E-state index contributed by atoms with van der Waals surface area (Å²) in [6, 6.07) is 0.464. The Labute approximate surface area is 111 Å². The van der Waals surface area contributed by atoms with Gasteiger partial charge in [0.2, 0.25) is 0 Å². The van der Waals surface area contributed by atoms with E-state index in [0.29, 0.717) is 17.1 Å². The van der Waals surface area contributed by atoms with Gasteiger partial charge in [0, 0.05) is 12.6 Å². The highest BCUT2D eigenvalue weighted by atomic mass is 35.5. The largest absolute Gasteiger partial charge is 0.345 e. The fourth-order valence-electron chi connectivity index (χ4n) is 1.62. The van der Waals surface area contributed by atoms with Gasteiger partial charge in [-0.3, -0.25) is 0 Å². The van der Waals surface area contributed by atoms with Crippen LogP contribution in [0, 0.1) is 5.92 Å². The highest BCUT2D eigenvalue weighted by Gasteiger charge is 2.27. The number of hydrogen-bond acceptors (Lipinski definition) is 3. The number of nitrogens with zero attached hydrogens (tertiary/aromatic N) is 2. The second-order valence-corrected chi connectivity index (χ2v) is 6.22. The van der Waals surface area contributed by atoms with E-state index in [9.17, 15) is 0 Å². The van der Waals surface area contributed by atoms with Gasteiger partial charge in [-0.25, -0.2) is 4.98 Å². The predicted octanol–water partition coefficient (Wildman–Crippen LogP) is 4.16. The van der Waals surface area contributed by atoms with Gasteiger partial charge in [-0.1, -0.05) is 22.9 Å². The van der Waals surface area contributed by atoms with E-state index in [1.165, 1.54) is 12.8 Å². The van der Waals surface area contributed by atoms with Crippen molar-refractivity contribution in [1.29, 1.82) is 0 Å². The van der Waals surface area contributed by atoms with E-state index in [2.05, 4.69) is 23.7 Å². The summed E-state index contributed by atoms with van der Waals surface area (Å²) in [6.07, 6.45) is 2.70. The van der Waals surface area contributed by atoms with Crippen LogP contribution in [0.2, 0.25) is 5.15 Å². The quantitative estimate of drug-likeness (QED) is 0.752.